The Bertz CT molecular complexity index is 640. The fourth-order valence-corrected chi connectivity index (χ4v) is 3.84. The van der Waals surface area contributed by atoms with E-state index in [2.05, 4.69) is 43.4 Å². The van der Waals surface area contributed by atoms with Crippen LogP contribution in [-0.4, -0.2) is 16.4 Å². The van der Waals surface area contributed by atoms with Crippen LogP contribution in [0.2, 0.25) is 0 Å². The van der Waals surface area contributed by atoms with Crippen LogP contribution in [0.15, 0.2) is 30.3 Å². The van der Waals surface area contributed by atoms with E-state index in [1.807, 2.05) is 6.07 Å². The number of halogens is 1. The van der Waals surface area contributed by atoms with Crippen molar-refractivity contribution >= 4 is 28.3 Å². The van der Waals surface area contributed by atoms with Gasteiger partial charge in [-0.25, -0.2) is 4.98 Å². The van der Waals surface area contributed by atoms with Gasteiger partial charge < -0.3 is 5.32 Å². The highest BCUT2D eigenvalue weighted by Gasteiger charge is 2.34. The smallest absolute Gasteiger partial charge is 0.130 e. The van der Waals surface area contributed by atoms with E-state index in [0.29, 0.717) is 5.88 Å². The highest BCUT2D eigenvalue weighted by atomic mass is 35.5. The van der Waals surface area contributed by atoms with Crippen LogP contribution in [0, 0.1) is 12.8 Å². The molecule has 0 amide bonds. The minimum Gasteiger partial charge on any atom is -0.363 e. The number of para-hydroxylation sites is 1. The Morgan fingerprint density at radius 1 is 1.38 bits per heavy atom. The predicted octanol–water partition coefficient (Wildman–Crippen LogP) is 5.14. The second-order valence-electron chi connectivity index (χ2n) is 6.59. The van der Waals surface area contributed by atoms with Crippen molar-refractivity contribution < 1.29 is 0 Å². The Kier molecular flexibility index (Phi) is 4.08. The highest BCUT2D eigenvalue weighted by Crippen LogP contribution is 2.36. The Hall–Kier alpha value is -1.28. The Labute approximate surface area is 131 Å². The van der Waals surface area contributed by atoms with Crippen molar-refractivity contribution in [2.24, 2.45) is 5.92 Å². The van der Waals surface area contributed by atoms with Crippen LogP contribution in [0.25, 0.3) is 10.9 Å². The van der Waals surface area contributed by atoms with Gasteiger partial charge in [-0.1, -0.05) is 38.0 Å². The maximum absolute atomic E-state index is 6.33. The molecule has 0 radical (unpaired) electrons. The molecule has 0 spiro atoms. The van der Waals surface area contributed by atoms with E-state index in [1.165, 1.54) is 23.8 Å². The molecule has 1 saturated carbocycles. The van der Waals surface area contributed by atoms with Gasteiger partial charge in [-0.3, -0.25) is 0 Å². The largest absolute Gasteiger partial charge is 0.363 e. The lowest BCUT2D eigenvalue weighted by Crippen LogP contribution is -2.44. The van der Waals surface area contributed by atoms with Crippen LogP contribution in [0.5, 0.6) is 0 Å². The average Bonchev–Trinajstić information content (AvgIpc) is 2.48. The van der Waals surface area contributed by atoms with Crippen LogP contribution >= 0.6 is 11.6 Å². The van der Waals surface area contributed by atoms with Gasteiger partial charge in [0.2, 0.25) is 0 Å². The zero-order valence-electron chi connectivity index (χ0n) is 12.8. The Morgan fingerprint density at radius 3 is 2.95 bits per heavy atom. The number of aromatic nitrogens is 1. The normalized spacial score (nSPS) is 26.0. The third-order valence-corrected chi connectivity index (χ3v) is 5.16. The number of anilines is 1. The van der Waals surface area contributed by atoms with E-state index in [1.54, 1.807) is 0 Å². The fourth-order valence-electron chi connectivity index (χ4n) is 3.53. The molecule has 112 valence electrons. The summed E-state index contributed by atoms with van der Waals surface area (Å²) in [4.78, 5) is 4.82. The zero-order chi connectivity index (χ0) is 14.9. The molecule has 2 atom stereocenters. The Morgan fingerprint density at radius 2 is 2.19 bits per heavy atom. The molecule has 0 saturated heterocycles. The van der Waals surface area contributed by atoms with E-state index in [4.69, 9.17) is 16.6 Å². The van der Waals surface area contributed by atoms with E-state index in [0.717, 1.165) is 30.1 Å². The lowest BCUT2D eigenvalue weighted by atomic mass is 9.77. The van der Waals surface area contributed by atoms with E-state index < -0.39 is 0 Å². The van der Waals surface area contributed by atoms with E-state index in [9.17, 15) is 0 Å². The lowest BCUT2D eigenvalue weighted by Gasteiger charge is -2.40. The third-order valence-electron chi connectivity index (χ3n) is 4.65. The van der Waals surface area contributed by atoms with E-state index in [-0.39, 0.29) is 5.54 Å². The van der Waals surface area contributed by atoms with Gasteiger partial charge in [0.25, 0.3) is 0 Å². The van der Waals surface area contributed by atoms with Crippen molar-refractivity contribution in [1.29, 1.82) is 0 Å². The molecule has 3 heteroatoms. The summed E-state index contributed by atoms with van der Waals surface area (Å²) in [6, 6.07) is 10.5. The first-order valence-corrected chi connectivity index (χ1v) is 8.36. The summed E-state index contributed by atoms with van der Waals surface area (Å²) >= 11 is 6.33. The summed E-state index contributed by atoms with van der Waals surface area (Å²) in [6.07, 6.45) is 4.82. The van der Waals surface area contributed by atoms with Gasteiger partial charge in [0.1, 0.15) is 5.82 Å². The number of benzene rings is 1. The quantitative estimate of drug-likeness (QED) is 0.794. The number of nitrogens with one attached hydrogen (secondary N) is 1. The molecule has 2 aromatic rings. The Balaban J connectivity index is 1.94. The van der Waals surface area contributed by atoms with Gasteiger partial charge >= 0.3 is 0 Å². The molecule has 1 N–H and O–H groups in total. The maximum atomic E-state index is 6.33. The lowest BCUT2D eigenvalue weighted by molar-refractivity contribution is 0.279. The maximum Gasteiger partial charge on any atom is 0.130 e. The van der Waals surface area contributed by atoms with Gasteiger partial charge in [0.15, 0.2) is 0 Å². The summed E-state index contributed by atoms with van der Waals surface area (Å²) in [5.74, 6) is 2.36. The molecular weight excluding hydrogens is 280 g/mol. The van der Waals surface area contributed by atoms with Crippen LogP contribution in [0.4, 0.5) is 5.82 Å². The highest BCUT2D eigenvalue weighted by molar-refractivity contribution is 6.18. The number of alkyl halides is 1. The second-order valence-corrected chi connectivity index (χ2v) is 6.85. The summed E-state index contributed by atoms with van der Waals surface area (Å²) in [5, 5.41) is 4.88. The minimum absolute atomic E-state index is 0.000556. The zero-order valence-corrected chi connectivity index (χ0v) is 13.6. The standard InChI is InChI=1S/C18H23ClN2/c1-13-6-5-9-18(11-13,12-19)21-17-14(2)10-15-7-3-4-8-16(15)20-17/h3-4,7-8,10,13H,5-6,9,11-12H2,1-2H3,(H,20,21). The van der Waals surface area contributed by atoms with Crippen molar-refractivity contribution in [3.05, 3.63) is 35.9 Å². The SMILES string of the molecule is Cc1cc2ccccc2nc1NC1(CCl)CCCC(C)C1. The van der Waals surface area contributed by atoms with Crippen LogP contribution in [0.1, 0.15) is 38.2 Å². The number of hydrogen-bond acceptors (Lipinski definition) is 2. The van der Waals surface area contributed by atoms with Gasteiger partial charge in [-0.2, -0.15) is 0 Å². The van der Waals surface area contributed by atoms with Gasteiger partial charge in [-0.05, 0) is 43.4 Å². The summed E-state index contributed by atoms with van der Waals surface area (Å²) in [7, 11) is 0. The molecule has 0 bridgehead atoms. The van der Waals surface area contributed by atoms with Crippen LogP contribution in [0.3, 0.4) is 0 Å². The number of hydrogen-bond donors (Lipinski definition) is 1. The van der Waals surface area contributed by atoms with Gasteiger partial charge in [0, 0.05) is 11.3 Å². The second kappa shape index (κ2) is 5.84. The molecule has 1 aromatic carbocycles. The summed E-state index contributed by atoms with van der Waals surface area (Å²) in [6.45, 7) is 4.44. The first-order valence-electron chi connectivity index (χ1n) is 7.82. The number of aryl methyl sites for hydroxylation is 1. The van der Waals surface area contributed by atoms with Crippen molar-refractivity contribution in [2.75, 3.05) is 11.2 Å². The van der Waals surface area contributed by atoms with Gasteiger partial charge in [0.05, 0.1) is 11.1 Å². The average molecular weight is 303 g/mol. The first-order chi connectivity index (χ1) is 10.1. The van der Waals surface area contributed by atoms with Crippen molar-refractivity contribution in [3.63, 3.8) is 0 Å². The topological polar surface area (TPSA) is 24.9 Å². The molecule has 3 rings (SSSR count). The molecule has 21 heavy (non-hydrogen) atoms. The number of nitrogens with zero attached hydrogens (tertiary/aromatic N) is 1. The minimum atomic E-state index is -0.000556. The van der Waals surface area contributed by atoms with Crippen LogP contribution < -0.4 is 5.32 Å². The van der Waals surface area contributed by atoms with E-state index >= 15 is 0 Å². The monoisotopic (exact) mass is 302 g/mol. The molecule has 2 unspecified atom stereocenters. The van der Waals surface area contributed by atoms with Gasteiger partial charge in [-0.15, -0.1) is 11.6 Å². The van der Waals surface area contributed by atoms with Crippen LogP contribution in [-0.2, 0) is 0 Å². The molecule has 2 nitrogen and oxygen atoms in total. The summed E-state index contributed by atoms with van der Waals surface area (Å²) < 4.78 is 0. The van der Waals surface area contributed by atoms with Crippen molar-refractivity contribution in [3.8, 4) is 0 Å². The molecule has 0 aliphatic heterocycles. The molecule has 1 heterocycles. The first kappa shape index (κ1) is 14.6. The van der Waals surface area contributed by atoms with Crippen molar-refractivity contribution in [1.82, 2.24) is 4.98 Å². The number of pyridine rings is 1. The molecule has 1 aliphatic carbocycles. The molecule has 1 aliphatic rings. The van der Waals surface area contributed by atoms with Crippen molar-refractivity contribution in [2.45, 2.75) is 45.1 Å². The molecule has 1 aromatic heterocycles. The third kappa shape index (κ3) is 3.01. The fraction of sp³-hybridized carbons (Fsp3) is 0.500. The summed E-state index contributed by atoms with van der Waals surface area (Å²) in [5.41, 5.74) is 2.23. The molecule has 1 fully saturated rings. The number of fused-ring (bicyclic) bond motifs is 1. The predicted molar refractivity (Wildman–Crippen MR) is 91.2 cm³/mol. The number of rotatable bonds is 3. The molecular formula is C18H23ClN2.